The first-order chi connectivity index (χ1) is 9.54. The summed E-state index contributed by atoms with van der Waals surface area (Å²) < 4.78 is 25.9. The average Bonchev–Trinajstić information content (AvgIpc) is 2.48. The molecule has 0 spiro atoms. The second-order valence-electron chi connectivity index (χ2n) is 4.22. The quantitative estimate of drug-likeness (QED) is 0.859. The van der Waals surface area contributed by atoms with E-state index in [1.165, 1.54) is 35.6 Å². The molecule has 1 aromatic heterocycles. The number of hydrogen-bond donors (Lipinski definition) is 0. The van der Waals surface area contributed by atoms with Gasteiger partial charge in [-0.3, -0.25) is 4.98 Å². The van der Waals surface area contributed by atoms with Gasteiger partial charge in [0.25, 0.3) is 0 Å². The Balaban J connectivity index is 2.23. The van der Waals surface area contributed by atoms with Gasteiger partial charge in [0.15, 0.2) is 0 Å². The summed E-state index contributed by atoms with van der Waals surface area (Å²) in [7, 11) is -2.08. The maximum Gasteiger partial charge on any atom is 0.243 e. The SMILES string of the molecule is CN(Cc1ccccn1)S(=O)(=O)c1ccc(C#N)cc1. The van der Waals surface area contributed by atoms with Crippen molar-refractivity contribution in [1.82, 2.24) is 9.29 Å². The minimum absolute atomic E-state index is 0.162. The molecule has 0 bridgehead atoms. The lowest BCUT2D eigenvalue weighted by molar-refractivity contribution is 0.462. The monoisotopic (exact) mass is 287 g/mol. The first-order valence-corrected chi connectivity index (χ1v) is 7.34. The summed E-state index contributed by atoms with van der Waals surface area (Å²) in [5.41, 5.74) is 1.10. The van der Waals surface area contributed by atoms with Gasteiger partial charge < -0.3 is 0 Å². The summed E-state index contributed by atoms with van der Waals surface area (Å²) in [6, 6.07) is 13.2. The van der Waals surface area contributed by atoms with Gasteiger partial charge in [0, 0.05) is 13.2 Å². The Labute approximate surface area is 118 Å². The lowest BCUT2D eigenvalue weighted by Crippen LogP contribution is -2.26. The van der Waals surface area contributed by atoms with Crippen LogP contribution >= 0.6 is 0 Å². The highest BCUT2D eigenvalue weighted by molar-refractivity contribution is 7.89. The molecule has 0 aliphatic heterocycles. The topological polar surface area (TPSA) is 74.1 Å². The summed E-state index contributed by atoms with van der Waals surface area (Å²) in [5, 5.41) is 8.72. The molecule has 20 heavy (non-hydrogen) atoms. The molecule has 0 amide bonds. The molecule has 0 N–H and O–H groups in total. The molecule has 0 fully saturated rings. The first kappa shape index (κ1) is 14.2. The molecule has 0 saturated heterocycles. The van der Waals surface area contributed by atoms with E-state index in [-0.39, 0.29) is 11.4 Å². The molecule has 102 valence electrons. The van der Waals surface area contributed by atoms with Crippen LogP contribution in [0.2, 0.25) is 0 Å². The molecular formula is C14H13N3O2S. The van der Waals surface area contributed by atoms with Crippen molar-refractivity contribution in [1.29, 1.82) is 5.26 Å². The fraction of sp³-hybridized carbons (Fsp3) is 0.143. The van der Waals surface area contributed by atoms with Crippen LogP contribution in [0.4, 0.5) is 0 Å². The maximum atomic E-state index is 12.4. The predicted molar refractivity (Wildman–Crippen MR) is 74.0 cm³/mol. The summed E-state index contributed by atoms with van der Waals surface area (Å²) in [6.45, 7) is 0.198. The van der Waals surface area contributed by atoms with Crippen LogP contribution in [0.5, 0.6) is 0 Å². The van der Waals surface area contributed by atoms with Gasteiger partial charge in [-0.2, -0.15) is 9.57 Å². The number of aromatic nitrogens is 1. The minimum Gasteiger partial charge on any atom is -0.260 e. The van der Waals surface area contributed by atoms with Crippen LogP contribution in [0.1, 0.15) is 11.3 Å². The smallest absolute Gasteiger partial charge is 0.243 e. The Hall–Kier alpha value is -2.23. The van der Waals surface area contributed by atoms with E-state index in [1.807, 2.05) is 12.1 Å². The van der Waals surface area contributed by atoms with Gasteiger partial charge in [-0.1, -0.05) is 6.07 Å². The third-order valence-corrected chi connectivity index (χ3v) is 4.62. The molecule has 0 unspecified atom stereocenters. The largest absolute Gasteiger partial charge is 0.260 e. The number of pyridine rings is 1. The minimum atomic E-state index is -3.58. The van der Waals surface area contributed by atoms with Gasteiger partial charge in [0.1, 0.15) is 0 Å². The van der Waals surface area contributed by atoms with Crippen LogP contribution in [0.3, 0.4) is 0 Å². The molecule has 0 saturated carbocycles. The standard InChI is InChI=1S/C14H13N3O2S/c1-17(11-13-4-2-3-9-16-13)20(18,19)14-7-5-12(10-15)6-8-14/h2-9H,11H2,1H3. The molecule has 2 aromatic rings. The highest BCUT2D eigenvalue weighted by Crippen LogP contribution is 2.16. The number of hydrogen-bond acceptors (Lipinski definition) is 4. The van der Waals surface area contributed by atoms with Crippen molar-refractivity contribution in [3.8, 4) is 6.07 Å². The summed E-state index contributed by atoms with van der Waals surface area (Å²) in [4.78, 5) is 4.27. The molecule has 0 radical (unpaired) electrons. The van der Waals surface area contributed by atoms with E-state index in [0.717, 1.165) is 0 Å². The molecule has 1 aromatic carbocycles. The first-order valence-electron chi connectivity index (χ1n) is 5.90. The predicted octanol–water partition coefficient (Wildman–Crippen LogP) is 1.77. The Morgan fingerprint density at radius 2 is 1.90 bits per heavy atom. The van der Waals surface area contributed by atoms with E-state index in [1.54, 1.807) is 18.3 Å². The zero-order valence-electron chi connectivity index (χ0n) is 10.9. The maximum absolute atomic E-state index is 12.4. The normalized spacial score (nSPS) is 11.2. The fourth-order valence-corrected chi connectivity index (χ4v) is 2.83. The van der Waals surface area contributed by atoms with Gasteiger partial charge in [-0.25, -0.2) is 8.42 Å². The highest BCUT2D eigenvalue weighted by Gasteiger charge is 2.21. The molecule has 1 heterocycles. The van der Waals surface area contributed by atoms with Crippen molar-refractivity contribution in [2.45, 2.75) is 11.4 Å². The second-order valence-corrected chi connectivity index (χ2v) is 6.26. The number of benzene rings is 1. The zero-order chi connectivity index (χ0) is 14.6. The Bertz CT molecular complexity index is 719. The fourth-order valence-electron chi connectivity index (χ4n) is 1.69. The van der Waals surface area contributed by atoms with Crippen molar-refractivity contribution in [3.05, 3.63) is 59.9 Å². The highest BCUT2D eigenvalue weighted by atomic mass is 32.2. The molecule has 0 aliphatic carbocycles. The number of sulfonamides is 1. The Morgan fingerprint density at radius 3 is 2.45 bits per heavy atom. The van der Waals surface area contributed by atoms with Gasteiger partial charge >= 0.3 is 0 Å². The van der Waals surface area contributed by atoms with Gasteiger partial charge in [0.05, 0.1) is 28.8 Å². The molecular weight excluding hydrogens is 274 g/mol. The summed E-state index contributed by atoms with van der Waals surface area (Å²) >= 11 is 0. The van der Waals surface area contributed by atoms with E-state index in [2.05, 4.69) is 4.98 Å². The van der Waals surface area contributed by atoms with E-state index >= 15 is 0 Å². The lowest BCUT2D eigenvalue weighted by Gasteiger charge is -2.16. The number of nitrogens with zero attached hydrogens (tertiary/aromatic N) is 3. The molecule has 6 heteroatoms. The lowest BCUT2D eigenvalue weighted by atomic mass is 10.2. The molecule has 0 atom stereocenters. The van der Waals surface area contributed by atoms with Crippen LogP contribution in [-0.2, 0) is 16.6 Å². The summed E-state index contributed by atoms with van der Waals surface area (Å²) in [6.07, 6.45) is 1.62. The van der Waals surface area contributed by atoms with Gasteiger partial charge in [-0.05, 0) is 36.4 Å². The third-order valence-electron chi connectivity index (χ3n) is 2.80. The van der Waals surface area contributed by atoms with Gasteiger partial charge in [-0.15, -0.1) is 0 Å². The van der Waals surface area contributed by atoms with Crippen LogP contribution in [0.25, 0.3) is 0 Å². The van der Waals surface area contributed by atoms with Crippen LogP contribution < -0.4 is 0 Å². The molecule has 2 rings (SSSR count). The van der Waals surface area contributed by atoms with Gasteiger partial charge in [0.2, 0.25) is 10.0 Å². The van der Waals surface area contributed by atoms with Crippen LogP contribution in [-0.4, -0.2) is 24.8 Å². The Morgan fingerprint density at radius 1 is 1.20 bits per heavy atom. The van der Waals surface area contributed by atoms with Crippen molar-refractivity contribution in [2.24, 2.45) is 0 Å². The molecule has 0 aliphatic rings. The van der Waals surface area contributed by atoms with Crippen molar-refractivity contribution in [3.63, 3.8) is 0 Å². The summed E-state index contributed by atoms with van der Waals surface area (Å²) in [5.74, 6) is 0. The van der Waals surface area contributed by atoms with Crippen LogP contribution in [0, 0.1) is 11.3 Å². The average molecular weight is 287 g/mol. The van der Waals surface area contributed by atoms with E-state index in [4.69, 9.17) is 5.26 Å². The van der Waals surface area contributed by atoms with Crippen molar-refractivity contribution >= 4 is 10.0 Å². The van der Waals surface area contributed by atoms with E-state index < -0.39 is 10.0 Å². The number of rotatable bonds is 4. The van der Waals surface area contributed by atoms with E-state index in [0.29, 0.717) is 11.3 Å². The second kappa shape index (κ2) is 5.82. The Kier molecular flexibility index (Phi) is 4.13. The van der Waals surface area contributed by atoms with Crippen molar-refractivity contribution < 1.29 is 8.42 Å². The van der Waals surface area contributed by atoms with Crippen LogP contribution in [0.15, 0.2) is 53.6 Å². The zero-order valence-corrected chi connectivity index (χ0v) is 11.7. The van der Waals surface area contributed by atoms with E-state index in [9.17, 15) is 8.42 Å². The number of nitriles is 1. The molecule has 5 nitrogen and oxygen atoms in total. The van der Waals surface area contributed by atoms with Crippen molar-refractivity contribution in [2.75, 3.05) is 7.05 Å². The third kappa shape index (κ3) is 3.02.